The fourth-order valence-electron chi connectivity index (χ4n) is 3.72. The molecule has 0 spiro atoms. The molecule has 1 atom stereocenters. The van der Waals surface area contributed by atoms with Gasteiger partial charge in [0.2, 0.25) is 5.91 Å². The van der Waals surface area contributed by atoms with Crippen LogP contribution in [0.2, 0.25) is 0 Å². The summed E-state index contributed by atoms with van der Waals surface area (Å²) in [6.45, 7) is 0.235. The van der Waals surface area contributed by atoms with Crippen LogP contribution in [0.1, 0.15) is 28.0 Å². The van der Waals surface area contributed by atoms with Crippen LogP contribution in [-0.4, -0.2) is 53.3 Å². The van der Waals surface area contributed by atoms with E-state index in [0.717, 1.165) is 17.9 Å². The van der Waals surface area contributed by atoms with Crippen molar-refractivity contribution in [3.63, 3.8) is 0 Å². The fraction of sp³-hybridized carbons (Fsp3) is 0.400. The lowest BCUT2D eigenvalue weighted by Crippen LogP contribution is -2.43. The van der Waals surface area contributed by atoms with Crippen molar-refractivity contribution >= 4 is 28.3 Å². The second-order valence-electron chi connectivity index (χ2n) is 7.36. The fourth-order valence-corrected chi connectivity index (χ4v) is 4.55. The lowest BCUT2D eigenvalue weighted by atomic mass is 10.0. The van der Waals surface area contributed by atoms with E-state index in [1.165, 1.54) is 22.5 Å². The second kappa shape index (κ2) is 7.99. The number of carbonyl (C=O) groups is 2. The van der Waals surface area contributed by atoms with Gasteiger partial charge in [0.1, 0.15) is 11.7 Å². The van der Waals surface area contributed by atoms with Crippen molar-refractivity contribution in [2.24, 2.45) is 0 Å². The molecule has 2 aliphatic heterocycles. The van der Waals surface area contributed by atoms with Crippen LogP contribution in [0, 0.1) is 11.3 Å². The highest BCUT2D eigenvalue weighted by Crippen LogP contribution is 2.31. The molecule has 1 aromatic carbocycles. The van der Waals surface area contributed by atoms with E-state index in [2.05, 4.69) is 27.3 Å². The highest BCUT2D eigenvalue weighted by Gasteiger charge is 2.47. The zero-order chi connectivity index (χ0) is 21.3. The van der Waals surface area contributed by atoms with E-state index < -0.39 is 43.3 Å². The highest BCUT2D eigenvalue weighted by atomic mass is 32.1. The van der Waals surface area contributed by atoms with Gasteiger partial charge in [-0.3, -0.25) is 9.59 Å². The third-order valence-electron chi connectivity index (χ3n) is 5.27. The van der Waals surface area contributed by atoms with Crippen LogP contribution < -0.4 is 10.2 Å². The third-order valence-corrected chi connectivity index (χ3v) is 6.17. The average Bonchev–Trinajstić information content (AvgIpc) is 3.35. The Morgan fingerprint density at radius 3 is 2.87 bits per heavy atom. The number of amides is 2. The number of anilines is 1. The highest BCUT2D eigenvalue weighted by molar-refractivity contribution is 7.13. The molecular weight excluding hydrogens is 412 g/mol. The van der Waals surface area contributed by atoms with Crippen molar-refractivity contribution in [1.82, 2.24) is 15.2 Å². The molecule has 2 aliphatic rings. The van der Waals surface area contributed by atoms with E-state index in [1.54, 1.807) is 11.4 Å². The third kappa shape index (κ3) is 4.11. The van der Waals surface area contributed by atoms with Crippen LogP contribution in [0.3, 0.4) is 0 Å². The van der Waals surface area contributed by atoms with Crippen LogP contribution in [0.15, 0.2) is 29.6 Å². The molecule has 2 aromatic rings. The second-order valence-corrected chi connectivity index (χ2v) is 8.20. The first-order valence-electron chi connectivity index (χ1n) is 9.49. The number of fused-ring (bicyclic) bond motifs is 1. The molecule has 0 unspecified atom stereocenters. The number of benzene rings is 1. The number of hydrogen-bond acceptors (Lipinski definition) is 6. The maximum Gasteiger partial charge on any atom is 0.271 e. The van der Waals surface area contributed by atoms with E-state index in [4.69, 9.17) is 5.26 Å². The molecule has 30 heavy (non-hydrogen) atoms. The zero-order valence-electron chi connectivity index (χ0n) is 16.0. The van der Waals surface area contributed by atoms with E-state index in [1.807, 2.05) is 12.1 Å². The molecule has 3 heterocycles. The summed E-state index contributed by atoms with van der Waals surface area (Å²) in [4.78, 5) is 31.9. The van der Waals surface area contributed by atoms with Gasteiger partial charge >= 0.3 is 0 Å². The topological polar surface area (TPSA) is 89.3 Å². The number of halogens is 2. The Labute approximate surface area is 175 Å². The van der Waals surface area contributed by atoms with Crippen molar-refractivity contribution in [2.45, 2.75) is 31.4 Å². The van der Waals surface area contributed by atoms with Crippen molar-refractivity contribution in [3.8, 4) is 6.07 Å². The molecule has 1 aromatic heterocycles. The predicted molar refractivity (Wildman–Crippen MR) is 106 cm³/mol. The van der Waals surface area contributed by atoms with Crippen molar-refractivity contribution < 1.29 is 18.4 Å². The minimum Gasteiger partial charge on any atom is -0.343 e. The standard InChI is InChI=1S/C20H19F2N5O2S/c21-20(22)7-15(8-23)27(12-20)17(28)9-24-18(29)16-11-30-19(25-16)26-6-5-13-3-1-2-4-14(13)10-26/h1-4,11,15H,5-7,9-10,12H2,(H,24,29)/t15-/m0/s1. The molecule has 10 heteroatoms. The van der Waals surface area contributed by atoms with E-state index in [9.17, 15) is 18.4 Å². The molecule has 0 radical (unpaired) electrons. The molecule has 0 saturated carbocycles. The van der Waals surface area contributed by atoms with Gasteiger partial charge in [0.25, 0.3) is 11.8 Å². The van der Waals surface area contributed by atoms with Gasteiger partial charge in [-0.15, -0.1) is 11.3 Å². The van der Waals surface area contributed by atoms with Gasteiger partial charge in [0, 0.05) is 24.9 Å². The summed E-state index contributed by atoms with van der Waals surface area (Å²) >= 11 is 1.34. The summed E-state index contributed by atoms with van der Waals surface area (Å²) in [5, 5.41) is 13.7. The maximum absolute atomic E-state index is 13.5. The number of thiazole rings is 1. The molecular formula is C20H19F2N5O2S. The summed E-state index contributed by atoms with van der Waals surface area (Å²) in [6, 6.07) is 8.72. The van der Waals surface area contributed by atoms with Gasteiger partial charge in [0.05, 0.1) is 19.2 Å². The Kier molecular flexibility index (Phi) is 5.39. The van der Waals surface area contributed by atoms with Crippen LogP contribution in [-0.2, 0) is 17.8 Å². The Bertz CT molecular complexity index is 1020. The lowest BCUT2D eigenvalue weighted by Gasteiger charge is -2.28. The number of rotatable bonds is 4. The zero-order valence-corrected chi connectivity index (χ0v) is 16.8. The SMILES string of the molecule is N#C[C@@H]1CC(F)(F)CN1C(=O)CNC(=O)c1csc(N2CCc3ccccc3C2)n1. The summed E-state index contributed by atoms with van der Waals surface area (Å²) in [5.41, 5.74) is 2.71. The number of likely N-dealkylation sites (tertiary alicyclic amines) is 1. The minimum absolute atomic E-state index is 0.172. The van der Waals surface area contributed by atoms with Gasteiger partial charge in [-0.1, -0.05) is 24.3 Å². The summed E-state index contributed by atoms with van der Waals surface area (Å²) in [5.74, 6) is -4.35. The number of hydrogen-bond donors (Lipinski definition) is 1. The molecule has 1 saturated heterocycles. The lowest BCUT2D eigenvalue weighted by molar-refractivity contribution is -0.131. The number of alkyl halides is 2. The molecule has 4 rings (SSSR count). The summed E-state index contributed by atoms with van der Waals surface area (Å²) in [6.07, 6.45) is 0.212. The summed E-state index contributed by atoms with van der Waals surface area (Å²) in [7, 11) is 0. The molecule has 156 valence electrons. The van der Waals surface area contributed by atoms with Gasteiger partial charge in [-0.25, -0.2) is 13.8 Å². The first-order valence-corrected chi connectivity index (χ1v) is 10.4. The number of nitrogens with zero attached hydrogens (tertiary/aromatic N) is 4. The molecule has 1 N–H and O–H groups in total. The van der Waals surface area contributed by atoms with Crippen molar-refractivity contribution in [1.29, 1.82) is 5.26 Å². The first-order chi connectivity index (χ1) is 14.4. The van der Waals surface area contributed by atoms with Crippen LogP contribution in [0.25, 0.3) is 0 Å². The quantitative estimate of drug-likeness (QED) is 0.802. The molecule has 2 amide bonds. The number of carbonyl (C=O) groups excluding carboxylic acids is 2. The molecule has 1 fully saturated rings. The number of aromatic nitrogens is 1. The predicted octanol–water partition coefficient (Wildman–Crippen LogP) is 2.20. The van der Waals surface area contributed by atoms with E-state index in [-0.39, 0.29) is 5.69 Å². The summed E-state index contributed by atoms with van der Waals surface area (Å²) < 4.78 is 27.0. The Balaban J connectivity index is 1.35. The van der Waals surface area contributed by atoms with Gasteiger partial charge in [-0.2, -0.15) is 5.26 Å². The monoisotopic (exact) mass is 431 g/mol. The molecule has 7 nitrogen and oxygen atoms in total. The number of nitrogens with one attached hydrogen (secondary N) is 1. The van der Waals surface area contributed by atoms with Crippen LogP contribution >= 0.6 is 11.3 Å². The largest absolute Gasteiger partial charge is 0.343 e. The van der Waals surface area contributed by atoms with Crippen LogP contribution in [0.5, 0.6) is 0 Å². The first kappa shape index (κ1) is 20.2. The van der Waals surface area contributed by atoms with E-state index >= 15 is 0 Å². The maximum atomic E-state index is 13.5. The Hall–Kier alpha value is -3.06. The molecule has 0 aliphatic carbocycles. The van der Waals surface area contributed by atoms with Crippen molar-refractivity contribution in [2.75, 3.05) is 24.5 Å². The van der Waals surface area contributed by atoms with E-state index in [0.29, 0.717) is 11.7 Å². The minimum atomic E-state index is -3.09. The van der Waals surface area contributed by atoms with Gasteiger partial charge in [0.15, 0.2) is 5.13 Å². The van der Waals surface area contributed by atoms with Crippen LogP contribution in [0.4, 0.5) is 13.9 Å². The van der Waals surface area contributed by atoms with Crippen molar-refractivity contribution in [3.05, 3.63) is 46.5 Å². The Morgan fingerprint density at radius 2 is 2.10 bits per heavy atom. The Morgan fingerprint density at radius 1 is 1.33 bits per heavy atom. The molecule has 0 bridgehead atoms. The van der Waals surface area contributed by atoms with Gasteiger partial charge in [-0.05, 0) is 17.5 Å². The smallest absolute Gasteiger partial charge is 0.271 e. The average molecular weight is 431 g/mol. The normalized spacial score (nSPS) is 19.8. The van der Waals surface area contributed by atoms with Gasteiger partial charge < -0.3 is 15.1 Å². The number of nitriles is 1.